The van der Waals surface area contributed by atoms with E-state index in [1.807, 2.05) is 25.6 Å². The summed E-state index contributed by atoms with van der Waals surface area (Å²) in [5.74, 6) is 3.86. The van der Waals surface area contributed by atoms with Gasteiger partial charge >= 0.3 is 0 Å². The molecule has 5 heteroatoms. The number of rotatable bonds is 6. The van der Waals surface area contributed by atoms with Crippen LogP contribution in [0, 0.1) is 6.92 Å². The molecule has 1 aromatic rings. The van der Waals surface area contributed by atoms with Gasteiger partial charge in [-0.1, -0.05) is 25.4 Å². The van der Waals surface area contributed by atoms with Gasteiger partial charge in [0.05, 0.1) is 0 Å². The molecule has 0 bridgehead atoms. The maximum atomic E-state index is 6.09. The van der Waals surface area contributed by atoms with E-state index in [1.165, 1.54) is 0 Å². The summed E-state index contributed by atoms with van der Waals surface area (Å²) in [7, 11) is 0. The van der Waals surface area contributed by atoms with Crippen molar-refractivity contribution in [1.82, 2.24) is 9.97 Å². The number of anilines is 1. The largest absolute Gasteiger partial charge is 0.366 e. The molecule has 0 fully saturated rings. The van der Waals surface area contributed by atoms with Crippen molar-refractivity contribution in [3.05, 3.63) is 16.5 Å². The summed E-state index contributed by atoms with van der Waals surface area (Å²) in [6, 6.07) is 0.384. The maximum Gasteiger partial charge on any atom is 0.137 e. The lowest BCUT2D eigenvalue weighted by molar-refractivity contribution is 0.870. The summed E-state index contributed by atoms with van der Waals surface area (Å²) in [6.07, 6.45) is 0.798. The van der Waals surface area contributed by atoms with Crippen molar-refractivity contribution in [2.75, 3.05) is 16.8 Å². The molecule has 0 spiro atoms. The average molecular weight is 274 g/mol. The van der Waals surface area contributed by atoms with Crippen molar-refractivity contribution >= 4 is 29.2 Å². The highest BCUT2D eigenvalue weighted by molar-refractivity contribution is 7.99. The van der Waals surface area contributed by atoms with Gasteiger partial charge in [-0.15, -0.1) is 0 Å². The fourth-order valence-corrected chi connectivity index (χ4v) is 2.26. The maximum absolute atomic E-state index is 6.09. The second-order valence-electron chi connectivity index (χ2n) is 3.96. The molecule has 17 heavy (non-hydrogen) atoms. The number of thioether (sulfide) groups is 1. The van der Waals surface area contributed by atoms with Gasteiger partial charge < -0.3 is 5.32 Å². The first-order valence-electron chi connectivity index (χ1n) is 5.95. The third kappa shape index (κ3) is 4.36. The van der Waals surface area contributed by atoms with E-state index in [-0.39, 0.29) is 0 Å². The van der Waals surface area contributed by atoms with Gasteiger partial charge in [-0.3, -0.25) is 0 Å². The van der Waals surface area contributed by atoms with E-state index in [4.69, 9.17) is 11.6 Å². The van der Waals surface area contributed by atoms with Crippen LogP contribution >= 0.6 is 23.4 Å². The second-order valence-corrected chi connectivity index (χ2v) is 5.64. The number of halogens is 1. The molecular weight excluding hydrogens is 254 g/mol. The number of nitrogens with one attached hydrogen (secondary N) is 1. The zero-order valence-electron chi connectivity index (χ0n) is 10.9. The Morgan fingerprint density at radius 3 is 2.65 bits per heavy atom. The standard InChI is InChI=1S/C12H20ClN3S/c1-5-10-15-11(13)9(4)12(16-10)14-8(3)7-17-6-2/h8H,5-7H2,1-4H3,(H,14,15,16). The average Bonchev–Trinajstić information content (AvgIpc) is 2.32. The van der Waals surface area contributed by atoms with Crippen LogP contribution in [0.3, 0.4) is 0 Å². The van der Waals surface area contributed by atoms with Gasteiger partial charge in [0.15, 0.2) is 0 Å². The quantitative estimate of drug-likeness (QED) is 0.805. The van der Waals surface area contributed by atoms with Gasteiger partial charge in [0.1, 0.15) is 16.8 Å². The molecule has 0 aliphatic carbocycles. The van der Waals surface area contributed by atoms with Crippen molar-refractivity contribution < 1.29 is 0 Å². The van der Waals surface area contributed by atoms with Gasteiger partial charge in [0.25, 0.3) is 0 Å². The van der Waals surface area contributed by atoms with E-state index >= 15 is 0 Å². The molecule has 0 aliphatic heterocycles. The fraction of sp³-hybridized carbons (Fsp3) is 0.667. The van der Waals surface area contributed by atoms with E-state index in [1.54, 1.807) is 0 Å². The summed E-state index contributed by atoms with van der Waals surface area (Å²) in [5, 5.41) is 3.95. The molecule has 1 heterocycles. The van der Waals surface area contributed by atoms with E-state index in [0.717, 1.165) is 35.1 Å². The van der Waals surface area contributed by atoms with Crippen LogP contribution in [0.5, 0.6) is 0 Å². The molecule has 1 N–H and O–H groups in total. The van der Waals surface area contributed by atoms with Gasteiger partial charge in [-0.05, 0) is 19.6 Å². The monoisotopic (exact) mass is 273 g/mol. The molecular formula is C12H20ClN3S. The summed E-state index contributed by atoms with van der Waals surface area (Å²) in [5.41, 5.74) is 0.928. The predicted molar refractivity (Wildman–Crippen MR) is 77.2 cm³/mol. The number of hydrogen-bond acceptors (Lipinski definition) is 4. The lowest BCUT2D eigenvalue weighted by Crippen LogP contribution is -2.20. The lowest BCUT2D eigenvalue weighted by Gasteiger charge is -2.16. The SMILES string of the molecule is CCSCC(C)Nc1nc(CC)nc(Cl)c1C. The van der Waals surface area contributed by atoms with Crippen molar-refractivity contribution in [3.8, 4) is 0 Å². The van der Waals surface area contributed by atoms with E-state index < -0.39 is 0 Å². The summed E-state index contributed by atoms with van der Waals surface area (Å²) in [6.45, 7) is 8.30. The van der Waals surface area contributed by atoms with E-state index in [9.17, 15) is 0 Å². The van der Waals surface area contributed by atoms with Crippen molar-refractivity contribution in [3.63, 3.8) is 0 Å². The molecule has 1 aromatic heterocycles. The Morgan fingerprint density at radius 2 is 2.06 bits per heavy atom. The first-order valence-corrected chi connectivity index (χ1v) is 7.49. The smallest absolute Gasteiger partial charge is 0.137 e. The van der Waals surface area contributed by atoms with Crippen LogP contribution in [0.15, 0.2) is 0 Å². The first-order chi connectivity index (χ1) is 8.08. The predicted octanol–water partition coefficient (Wildman–Crippen LogP) is 3.55. The minimum atomic E-state index is 0.384. The third-order valence-electron chi connectivity index (χ3n) is 2.40. The van der Waals surface area contributed by atoms with Crippen LogP contribution in [0.2, 0.25) is 5.15 Å². The molecule has 0 radical (unpaired) electrons. The van der Waals surface area contributed by atoms with Crippen molar-refractivity contribution in [2.45, 2.75) is 40.2 Å². The van der Waals surface area contributed by atoms with Gasteiger partial charge in [-0.2, -0.15) is 11.8 Å². The zero-order chi connectivity index (χ0) is 12.8. The minimum Gasteiger partial charge on any atom is -0.366 e. The Morgan fingerprint density at radius 1 is 1.35 bits per heavy atom. The summed E-state index contributed by atoms with van der Waals surface area (Å²) >= 11 is 8.01. The van der Waals surface area contributed by atoms with Crippen LogP contribution in [0.25, 0.3) is 0 Å². The molecule has 1 atom stereocenters. The number of aromatic nitrogens is 2. The molecule has 3 nitrogen and oxygen atoms in total. The molecule has 0 aromatic carbocycles. The van der Waals surface area contributed by atoms with Crippen LogP contribution in [-0.2, 0) is 6.42 Å². The molecule has 0 amide bonds. The Labute approximate surface area is 113 Å². The minimum absolute atomic E-state index is 0.384. The molecule has 0 saturated heterocycles. The normalized spacial score (nSPS) is 12.5. The van der Waals surface area contributed by atoms with E-state index in [0.29, 0.717) is 11.2 Å². The highest BCUT2D eigenvalue weighted by Gasteiger charge is 2.10. The van der Waals surface area contributed by atoms with Crippen molar-refractivity contribution in [2.24, 2.45) is 0 Å². The Balaban J connectivity index is 2.78. The molecule has 0 saturated carbocycles. The third-order valence-corrected chi connectivity index (χ3v) is 3.92. The molecule has 1 unspecified atom stereocenters. The number of nitrogens with zero attached hydrogens (tertiary/aromatic N) is 2. The number of hydrogen-bond donors (Lipinski definition) is 1. The highest BCUT2D eigenvalue weighted by atomic mass is 35.5. The van der Waals surface area contributed by atoms with Crippen LogP contribution in [-0.4, -0.2) is 27.5 Å². The van der Waals surface area contributed by atoms with Crippen LogP contribution in [0.4, 0.5) is 5.82 Å². The van der Waals surface area contributed by atoms with Gasteiger partial charge in [0.2, 0.25) is 0 Å². The van der Waals surface area contributed by atoms with Gasteiger partial charge in [-0.25, -0.2) is 9.97 Å². The Hall–Kier alpha value is -0.480. The van der Waals surface area contributed by atoms with E-state index in [2.05, 4.69) is 29.1 Å². The fourth-order valence-electron chi connectivity index (χ4n) is 1.40. The topological polar surface area (TPSA) is 37.8 Å². The summed E-state index contributed by atoms with van der Waals surface area (Å²) < 4.78 is 0. The van der Waals surface area contributed by atoms with Gasteiger partial charge in [0, 0.05) is 23.8 Å². The number of aryl methyl sites for hydroxylation is 1. The second kappa shape index (κ2) is 7.07. The first kappa shape index (κ1) is 14.6. The van der Waals surface area contributed by atoms with Crippen LogP contribution in [0.1, 0.15) is 32.2 Å². The molecule has 0 aliphatic rings. The molecule has 1 rings (SSSR count). The Bertz CT molecular complexity index is 371. The zero-order valence-corrected chi connectivity index (χ0v) is 12.5. The Kier molecular flexibility index (Phi) is 6.06. The lowest BCUT2D eigenvalue weighted by atomic mass is 10.3. The molecule has 96 valence electrons. The summed E-state index contributed by atoms with van der Waals surface area (Å²) in [4.78, 5) is 8.71. The van der Waals surface area contributed by atoms with Crippen LogP contribution < -0.4 is 5.32 Å². The highest BCUT2D eigenvalue weighted by Crippen LogP contribution is 2.21. The van der Waals surface area contributed by atoms with Crippen molar-refractivity contribution in [1.29, 1.82) is 0 Å².